The topological polar surface area (TPSA) is 37.0 Å². The van der Waals surface area contributed by atoms with Crippen LogP contribution in [0.5, 0.6) is 0 Å². The van der Waals surface area contributed by atoms with Crippen LogP contribution in [0.2, 0.25) is 0 Å². The molecule has 4 heteroatoms. The van der Waals surface area contributed by atoms with Crippen molar-refractivity contribution >= 4 is 11.3 Å². The SMILES string of the molecule is CCC(C)(C)NC1C=CC(C#Cc2csc(C)n2)=CN1. The second-order valence-corrected chi connectivity index (χ2v) is 6.55. The maximum atomic E-state index is 4.33. The van der Waals surface area contributed by atoms with Gasteiger partial charge in [0, 0.05) is 22.7 Å². The third kappa shape index (κ3) is 4.22. The van der Waals surface area contributed by atoms with Crippen LogP contribution in [0.3, 0.4) is 0 Å². The molecule has 0 amide bonds. The number of dihydropyridines is 1. The second kappa shape index (κ2) is 6.25. The van der Waals surface area contributed by atoms with Crippen LogP contribution in [-0.2, 0) is 0 Å². The monoisotopic (exact) mass is 287 g/mol. The number of hydrogen-bond acceptors (Lipinski definition) is 4. The van der Waals surface area contributed by atoms with E-state index in [2.05, 4.69) is 54.3 Å². The van der Waals surface area contributed by atoms with E-state index >= 15 is 0 Å². The van der Waals surface area contributed by atoms with E-state index in [0.29, 0.717) is 0 Å². The molecule has 0 saturated heterocycles. The minimum absolute atomic E-state index is 0.122. The van der Waals surface area contributed by atoms with Gasteiger partial charge in [0.2, 0.25) is 0 Å². The van der Waals surface area contributed by atoms with E-state index in [0.717, 1.165) is 22.7 Å². The minimum Gasteiger partial charge on any atom is -0.371 e. The van der Waals surface area contributed by atoms with Gasteiger partial charge in [-0.25, -0.2) is 4.98 Å². The average molecular weight is 287 g/mol. The first kappa shape index (κ1) is 14.8. The fourth-order valence-electron chi connectivity index (χ4n) is 1.73. The maximum absolute atomic E-state index is 4.33. The Morgan fingerprint density at radius 3 is 2.80 bits per heavy atom. The lowest BCUT2D eigenvalue weighted by molar-refractivity contribution is 0.334. The number of hydrogen-bond donors (Lipinski definition) is 2. The van der Waals surface area contributed by atoms with E-state index in [-0.39, 0.29) is 11.7 Å². The van der Waals surface area contributed by atoms with Crippen molar-refractivity contribution in [3.05, 3.63) is 40.0 Å². The lowest BCUT2D eigenvalue weighted by Crippen LogP contribution is -2.50. The summed E-state index contributed by atoms with van der Waals surface area (Å²) in [5, 5.41) is 9.89. The molecule has 0 radical (unpaired) electrons. The predicted molar refractivity (Wildman–Crippen MR) is 85.4 cm³/mol. The Balaban J connectivity index is 1.94. The Hall–Kier alpha value is -1.57. The molecule has 1 aromatic rings. The highest BCUT2D eigenvalue weighted by Crippen LogP contribution is 2.11. The van der Waals surface area contributed by atoms with Crippen LogP contribution >= 0.6 is 11.3 Å². The lowest BCUT2D eigenvalue weighted by atomic mass is 10.0. The molecule has 0 aliphatic carbocycles. The van der Waals surface area contributed by atoms with Crippen LogP contribution < -0.4 is 10.6 Å². The van der Waals surface area contributed by atoms with E-state index in [1.54, 1.807) is 11.3 Å². The Morgan fingerprint density at radius 2 is 2.25 bits per heavy atom. The summed E-state index contributed by atoms with van der Waals surface area (Å²) in [5.41, 5.74) is 1.94. The molecule has 1 aromatic heterocycles. The van der Waals surface area contributed by atoms with Crippen molar-refractivity contribution in [1.29, 1.82) is 0 Å². The van der Waals surface area contributed by atoms with Gasteiger partial charge in [-0.2, -0.15) is 0 Å². The summed E-state index contributed by atoms with van der Waals surface area (Å²) in [6.45, 7) is 8.57. The molecule has 0 aromatic carbocycles. The summed E-state index contributed by atoms with van der Waals surface area (Å²) in [6.07, 6.45) is 7.35. The van der Waals surface area contributed by atoms with Crippen LogP contribution in [0.15, 0.2) is 29.3 Å². The van der Waals surface area contributed by atoms with Gasteiger partial charge in [-0.15, -0.1) is 11.3 Å². The standard InChI is InChI=1S/C16H21N3S/c1-5-16(3,4)19-15-9-7-13(10-17-15)6-8-14-11-20-12(2)18-14/h7,9-11,15,17,19H,5H2,1-4H3. The largest absolute Gasteiger partial charge is 0.371 e. The van der Waals surface area contributed by atoms with Crippen LogP contribution in [0.25, 0.3) is 0 Å². The number of nitrogens with zero attached hydrogens (tertiary/aromatic N) is 1. The second-order valence-electron chi connectivity index (χ2n) is 5.49. The Labute approximate surface area is 125 Å². The first-order valence-electron chi connectivity index (χ1n) is 6.85. The van der Waals surface area contributed by atoms with Crippen molar-refractivity contribution < 1.29 is 0 Å². The zero-order chi connectivity index (χ0) is 14.6. The van der Waals surface area contributed by atoms with E-state index in [9.17, 15) is 0 Å². The average Bonchev–Trinajstić information content (AvgIpc) is 2.83. The molecule has 1 aliphatic rings. The molecule has 106 valence electrons. The number of aryl methyl sites for hydroxylation is 1. The summed E-state index contributed by atoms with van der Waals surface area (Å²) in [4.78, 5) is 4.33. The Kier molecular flexibility index (Phi) is 4.64. The summed E-state index contributed by atoms with van der Waals surface area (Å²) >= 11 is 1.62. The van der Waals surface area contributed by atoms with E-state index in [1.165, 1.54) is 0 Å². The number of rotatable bonds is 3. The fraction of sp³-hybridized carbons (Fsp3) is 0.438. The van der Waals surface area contributed by atoms with Crippen LogP contribution in [0.1, 0.15) is 37.9 Å². The predicted octanol–water partition coefficient (Wildman–Crippen LogP) is 2.95. The third-order valence-electron chi connectivity index (χ3n) is 3.27. The van der Waals surface area contributed by atoms with Gasteiger partial charge in [0.15, 0.2) is 0 Å². The Bertz CT molecular complexity index is 584. The van der Waals surface area contributed by atoms with Crippen molar-refractivity contribution in [2.24, 2.45) is 0 Å². The quantitative estimate of drug-likeness (QED) is 0.839. The molecular formula is C16H21N3S. The lowest BCUT2D eigenvalue weighted by Gasteiger charge is -2.30. The highest BCUT2D eigenvalue weighted by atomic mass is 32.1. The Morgan fingerprint density at radius 1 is 1.45 bits per heavy atom. The first-order chi connectivity index (χ1) is 9.48. The molecule has 2 rings (SSSR count). The molecule has 0 saturated carbocycles. The number of nitrogens with one attached hydrogen (secondary N) is 2. The van der Waals surface area contributed by atoms with Gasteiger partial charge in [-0.05, 0) is 45.3 Å². The number of thiazole rings is 1. The molecule has 0 bridgehead atoms. The van der Waals surface area contributed by atoms with Crippen LogP contribution in [-0.4, -0.2) is 16.7 Å². The van der Waals surface area contributed by atoms with Crippen molar-refractivity contribution in [2.45, 2.75) is 45.8 Å². The van der Waals surface area contributed by atoms with Crippen molar-refractivity contribution in [1.82, 2.24) is 15.6 Å². The van der Waals surface area contributed by atoms with Gasteiger partial charge in [0.05, 0.1) is 11.2 Å². The fourth-order valence-corrected chi connectivity index (χ4v) is 2.28. The first-order valence-corrected chi connectivity index (χ1v) is 7.73. The van der Waals surface area contributed by atoms with Crippen molar-refractivity contribution in [3.8, 4) is 11.8 Å². The third-order valence-corrected chi connectivity index (χ3v) is 4.04. The molecule has 20 heavy (non-hydrogen) atoms. The molecule has 0 fully saturated rings. The van der Waals surface area contributed by atoms with Gasteiger partial charge in [-0.1, -0.05) is 12.8 Å². The summed E-state index contributed by atoms with van der Waals surface area (Å²) in [6, 6.07) is 0. The number of aromatic nitrogens is 1. The highest BCUT2D eigenvalue weighted by molar-refractivity contribution is 7.09. The van der Waals surface area contributed by atoms with E-state index in [1.807, 2.05) is 24.6 Å². The maximum Gasteiger partial charge on any atom is 0.124 e. The van der Waals surface area contributed by atoms with E-state index in [4.69, 9.17) is 0 Å². The minimum atomic E-state index is 0.122. The normalized spacial score (nSPS) is 18.0. The zero-order valence-electron chi connectivity index (χ0n) is 12.4. The van der Waals surface area contributed by atoms with E-state index < -0.39 is 0 Å². The smallest absolute Gasteiger partial charge is 0.124 e. The van der Waals surface area contributed by atoms with Gasteiger partial charge >= 0.3 is 0 Å². The molecule has 0 spiro atoms. The molecule has 1 aliphatic heterocycles. The van der Waals surface area contributed by atoms with Gasteiger partial charge in [0.25, 0.3) is 0 Å². The van der Waals surface area contributed by atoms with Gasteiger partial charge in [-0.3, -0.25) is 5.32 Å². The zero-order valence-corrected chi connectivity index (χ0v) is 13.3. The van der Waals surface area contributed by atoms with Gasteiger partial charge < -0.3 is 5.32 Å². The van der Waals surface area contributed by atoms with Crippen molar-refractivity contribution in [2.75, 3.05) is 0 Å². The summed E-state index contributed by atoms with van der Waals surface area (Å²) in [5.74, 6) is 6.21. The molecule has 1 atom stereocenters. The molecule has 2 N–H and O–H groups in total. The summed E-state index contributed by atoms with van der Waals surface area (Å²) in [7, 11) is 0. The molecule has 1 unspecified atom stereocenters. The van der Waals surface area contributed by atoms with Crippen LogP contribution in [0.4, 0.5) is 0 Å². The summed E-state index contributed by atoms with van der Waals surface area (Å²) < 4.78 is 0. The highest BCUT2D eigenvalue weighted by Gasteiger charge is 2.18. The number of allylic oxidation sites excluding steroid dienone is 2. The van der Waals surface area contributed by atoms with Crippen LogP contribution in [0, 0.1) is 18.8 Å². The molecule has 3 nitrogen and oxygen atoms in total. The van der Waals surface area contributed by atoms with Crippen molar-refractivity contribution in [3.63, 3.8) is 0 Å². The molecule has 2 heterocycles. The molecular weight excluding hydrogens is 266 g/mol. The van der Waals surface area contributed by atoms with Gasteiger partial charge in [0.1, 0.15) is 5.69 Å².